The average Bonchev–Trinajstić information content (AvgIpc) is 3.13. The Kier molecular flexibility index (Phi) is 11.1. The third-order valence-electron chi connectivity index (χ3n) is 5.53. The van der Waals surface area contributed by atoms with E-state index in [0.717, 1.165) is 41.7 Å². The van der Waals surface area contributed by atoms with E-state index in [9.17, 15) is 4.79 Å². The van der Waals surface area contributed by atoms with E-state index >= 15 is 0 Å². The minimum absolute atomic E-state index is 0. The molecule has 1 fully saturated rings. The summed E-state index contributed by atoms with van der Waals surface area (Å²) in [5.74, 6) is 1.08. The lowest BCUT2D eigenvalue weighted by Gasteiger charge is -2.28. The van der Waals surface area contributed by atoms with Crippen molar-refractivity contribution in [1.82, 2.24) is 4.57 Å². The molecule has 0 bridgehead atoms. The highest BCUT2D eigenvalue weighted by Gasteiger charge is 2.23. The highest BCUT2D eigenvalue weighted by Crippen LogP contribution is 2.35. The molecule has 1 aliphatic rings. The molecule has 1 saturated heterocycles. The second-order valence-electron chi connectivity index (χ2n) is 7.49. The van der Waals surface area contributed by atoms with Gasteiger partial charge in [0.2, 0.25) is 0 Å². The third kappa shape index (κ3) is 6.09. The van der Waals surface area contributed by atoms with Crippen LogP contribution in [-0.2, 0) is 0 Å². The number of carbonyl (C=O) groups is 1. The zero-order chi connectivity index (χ0) is 20.4. The van der Waals surface area contributed by atoms with Crippen LogP contribution in [0.25, 0.3) is 10.9 Å². The number of rotatable bonds is 4. The van der Waals surface area contributed by atoms with Gasteiger partial charge >= 0.3 is 0 Å². The van der Waals surface area contributed by atoms with Gasteiger partial charge in [0, 0.05) is 18.5 Å². The van der Waals surface area contributed by atoms with Crippen LogP contribution in [0.15, 0.2) is 49.1 Å². The number of fused-ring (bicyclic) bond motifs is 1. The number of para-hydroxylation sites is 1. The first-order chi connectivity index (χ1) is 13.7. The summed E-state index contributed by atoms with van der Waals surface area (Å²) >= 11 is 0. The van der Waals surface area contributed by atoms with Crippen molar-refractivity contribution in [2.24, 2.45) is 0 Å². The van der Waals surface area contributed by atoms with Crippen LogP contribution in [0, 0.1) is 0 Å². The van der Waals surface area contributed by atoms with E-state index in [2.05, 4.69) is 35.1 Å². The van der Waals surface area contributed by atoms with Gasteiger partial charge in [0.05, 0.1) is 17.1 Å². The number of carbonyl (C=O) groups excluding carboxylic acids is 1. The summed E-state index contributed by atoms with van der Waals surface area (Å²) in [5, 5.41) is 1.05. The van der Waals surface area contributed by atoms with Crippen molar-refractivity contribution < 1.29 is 4.79 Å². The molecule has 0 aliphatic carbocycles. The lowest BCUT2D eigenvalue weighted by molar-refractivity contribution is 0.112. The highest BCUT2D eigenvalue weighted by molar-refractivity contribution is 6.04. The average molecular weight is 397 g/mol. The Morgan fingerprint density at radius 3 is 2.03 bits per heavy atom. The molecule has 1 aromatic carbocycles. The Balaban J connectivity index is 0.000000771. The molecule has 1 aliphatic heterocycles. The summed E-state index contributed by atoms with van der Waals surface area (Å²) in [6.07, 6.45) is 14.6. The van der Waals surface area contributed by atoms with E-state index in [1.165, 1.54) is 38.5 Å². The van der Waals surface area contributed by atoms with Gasteiger partial charge in [0.15, 0.2) is 6.29 Å². The van der Waals surface area contributed by atoms with Gasteiger partial charge in [-0.15, -0.1) is 6.58 Å². The molecule has 3 rings (SSSR count). The molecule has 1 atom stereocenters. The van der Waals surface area contributed by atoms with Gasteiger partial charge in [-0.1, -0.05) is 69.5 Å². The second-order valence-corrected chi connectivity index (χ2v) is 7.49. The van der Waals surface area contributed by atoms with Crippen LogP contribution >= 0.6 is 0 Å². The fourth-order valence-corrected chi connectivity index (χ4v) is 3.87. The summed E-state index contributed by atoms with van der Waals surface area (Å²) in [7, 11) is 0. The van der Waals surface area contributed by atoms with Crippen LogP contribution in [0.4, 0.5) is 5.82 Å². The molecule has 3 nitrogen and oxygen atoms in total. The Morgan fingerprint density at radius 1 is 0.966 bits per heavy atom. The Morgan fingerprint density at radius 2 is 1.52 bits per heavy atom. The molecule has 3 heteroatoms. The predicted octanol–water partition coefficient (Wildman–Crippen LogP) is 7.58. The van der Waals surface area contributed by atoms with Crippen molar-refractivity contribution in [2.45, 2.75) is 72.8 Å². The highest BCUT2D eigenvalue weighted by atomic mass is 16.1. The SMILES string of the molecule is C.C/C=C\C.C=CC(C)n1c(N2CCCCCCCC2)c(C=O)c2ccccc21. The summed E-state index contributed by atoms with van der Waals surface area (Å²) in [4.78, 5) is 14.4. The smallest absolute Gasteiger partial charge is 0.154 e. The number of anilines is 1. The normalized spacial score (nSPS) is 16.0. The lowest BCUT2D eigenvalue weighted by atomic mass is 10.1. The third-order valence-corrected chi connectivity index (χ3v) is 5.53. The molecule has 0 N–H and O–H groups in total. The maximum absolute atomic E-state index is 12.0. The first-order valence-electron chi connectivity index (χ1n) is 10.7. The van der Waals surface area contributed by atoms with Gasteiger partial charge in [0.25, 0.3) is 0 Å². The maximum Gasteiger partial charge on any atom is 0.154 e. The van der Waals surface area contributed by atoms with Crippen molar-refractivity contribution in [1.29, 1.82) is 0 Å². The Labute approximate surface area is 178 Å². The van der Waals surface area contributed by atoms with Crippen molar-refractivity contribution in [2.75, 3.05) is 18.0 Å². The van der Waals surface area contributed by atoms with Crippen LogP contribution in [-0.4, -0.2) is 23.9 Å². The summed E-state index contributed by atoms with van der Waals surface area (Å²) in [6, 6.07) is 8.39. The monoisotopic (exact) mass is 396 g/mol. The number of benzene rings is 1. The van der Waals surface area contributed by atoms with Crippen LogP contribution in [0.2, 0.25) is 0 Å². The molecule has 2 aromatic rings. The molecule has 0 saturated carbocycles. The van der Waals surface area contributed by atoms with Gasteiger partial charge in [-0.2, -0.15) is 0 Å². The number of aldehydes is 1. The first kappa shape index (κ1) is 24.7. The van der Waals surface area contributed by atoms with Crippen LogP contribution < -0.4 is 4.90 Å². The van der Waals surface area contributed by atoms with Gasteiger partial charge in [-0.3, -0.25) is 4.79 Å². The minimum Gasteiger partial charge on any atom is -0.357 e. The van der Waals surface area contributed by atoms with Crippen molar-refractivity contribution in [3.63, 3.8) is 0 Å². The van der Waals surface area contributed by atoms with E-state index in [-0.39, 0.29) is 13.5 Å². The lowest BCUT2D eigenvalue weighted by Crippen LogP contribution is -2.29. The number of hydrogen-bond acceptors (Lipinski definition) is 2. The largest absolute Gasteiger partial charge is 0.357 e. The van der Waals surface area contributed by atoms with E-state index < -0.39 is 0 Å². The van der Waals surface area contributed by atoms with E-state index in [0.29, 0.717) is 0 Å². The minimum atomic E-state index is 0. The molecular weight excluding hydrogens is 356 g/mol. The summed E-state index contributed by atoms with van der Waals surface area (Å²) in [6.45, 7) is 12.2. The number of nitrogens with zero attached hydrogens (tertiary/aromatic N) is 2. The van der Waals surface area contributed by atoms with Gasteiger partial charge in [-0.05, 0) is 39.7 Å². The standard InChI is InChI=1S/C21H28N2O.C4H8.CH4/c1-3-17(2)23-20-13-9-8-12-18(20)19(16-24)21(23)22-14-10-6-4-5-7-11-15-22;1-3-4-2;/h3,8-9,12-13,16-17H,1,4-7,10-11,14-15H2,2H3;3-4H,1-2H3;1H4/b;4-3-;. The van der Waals surface area contributed by atoms with Gasteiger partial charge in [0.1, 0.15) is 5.82 Å². The molecule has 160 valence electrons. The van der Waals surface area contributed by atoms with Gasteiger partial charge < -0.3 is 9.47 Å². The van der Waals surface area contributed by atoms with Crippen molar-refractivity contribution in [3.8, 4) is 0 Å². The Hall–Kier alpha value is -2.29. The quantitative estimate of drug-likeness (QED) is 0.393. The van der Waals surface area contributed by atoms with Crippen LogP contribution in [0.3, 0.4) is 0 Å². The van der Waals surface area contributed by atoms with Gasteiger partial charge in [-0.25, -0.2) is 0 Å². The molecule has 0 radical (unpaired) electrons. The number of hydrogen-bond donors (Lipinski definition) is 0. The van der Waals surface area contributed by atoms with Crippen LogP contribution in [0.5, 0.6) is 0 Å². The second kappa shape index (κ2) is 13.0. The first-order valence-corrected chi connectivity index (χ1v) is 10.7. The van der Waals surface area contributed by atoms with Crippen molar-refractivity contribution >= 4 is 23.0 Å². The van der Waals surface area contributed by atoms with E-state index in [1.807, 2.05) is 44.2 Å². The fraction of sp³-hybridized carbons (Fsp3) is 0.500. The number of allylic oxidation sites excluding steroid dienone is 3. The predicted molar refractivity (Wildman–Crippen MR) is 129 cm³/mol. The Bertz CT molecular complexity index is 773. The number of aromatic nitrogens is 1. The van der Waals surface area contributed by atoms with E-state index in [4.69, 9.17) is 0 Å². The van der Waals surface area contributed by atoms with E-state index in [1.54, 1.807) is 0 Å². The molecule has 1 unspecified atom stereocenters. The maximum atomic E-state index is 12.0. The molecule has 0 spiro atoms. The zero-order valence-corrected chi connectivity index (χ0v) is 17.9. The molecule has 0 amide bonds. The summed E-state index contributed by atoms with van der Waals surface area (Å²) < 4.78 is 2.30. The molecular formula is C26H40N2O. The zero-order valence-electron chi connectivity index (χ0n) is 17.9. The van der Waals surface area contributed by atoms with Crippen molar-refractivity contribution in [3.05, 3.63) is 54.6 Å². The van der Waals surface area contributed by atoms with Crippen LogP contribution in [0.1, 0.15) is 83.1 Å². The molecule has 2 heterocycles. The molecule has 29 heavy (non-hydrogen) atoms. The molecule has 1 aromatic heterocycles. The fourth-order valence-electron chi connectivity index (χ4n) is 3.87. The topological polar surface area (TPSA) is 25.2 Å². The summed E-state index contributed by atoms with van der Waals surface area (Å²) in [5.41, 5.74) is 1.96.